The lowest BCUT2D eigenvalue weighted by Crippen LogP contribution is -2.55. The van der Waals surface area contributed by atoms with Crippen molar-refractivity contribution in [2.75, 3.05) is 25.5 Å². The standard InChI is InChI=1S/C12H16N4O4/c1-12(2)7-20-4-3-15(12)11(17)8-5-10(13)14-6-9(8)16(18)19/h5-6H,3-4,7H2,1-2H3,(H2,13,14). The van der Waals surface area contributed by atoms with Crippen molar-refractivity contribution in [1.29, 1.82) is 0 Å². The van der Waals surface area contributed by atoms with Crippen LogP contribution in [0.4, 0.5) is 11.5 Å². The summed E-state index contributed by atoms with van der Waals surface area (Å²) in [4.78, 5) is 28.2. The summed E-state index contributed by atoms with van der Waals surface area (Å²) in [6, 6.07) is 1.24. The van der Waals surface area contributed by atoms with Crippen molar-refractivity contribution in [3.63, 3.8) is 0 Å². The van der Waals surface area contributed by atoms with Gasteiger partial charge in [-0.25, -0.2) is 4.98 Å². The number of amides is 1. The molecule has 0 unspecified atom stereocenters. The zero-order valence-corrected chi connectivity index (χ0v) is 11.3. The van der Waals surface area contributed by atoms with Crippen LogP contribution in [0.25, 0.3) is 0 Å². The number of nitrogen functional groups attached to an aromatic ring is 1. The first-order chi connectivity index (χ1) is 9.33. The van der Waals surface area contributed by atoms with E-state index in [1.54, 1.807) is 4.90 Å². The maximum absolute atomic E-state index is 12.6. The Bertz CT molecular complexity index is 558. The molecule has 8 heteroatoms. The van der Waals surface area contributed by atoms with Gasteiger partial charge in [0.15, 0.2) is 0 Å². The minimum Gasteiger partial charge on any atom is -0.384 e. The third kappa shape index (κ3) is 2.55. The lowest BCUT2D eigenvalue weighted by Gasteiger charge is -2.42. The molecule has 1 aliphatic heterocycles. The molecule has 20 heavy (non-hydrogen) atoms. The molecule has 0 saturated carbocycles. The third-order valence-corrected chi connectivity index (χ3v) is 3.22. The highest BCUT2D eigenvalue weighted by Gasteiger charge is 2.37. The van der Waals surface area contributed by atoms with Crippen molar-refractivity contribution in [3.8, 4) is 0 Å². The molecule has 8 nitrogen and oxygen atoms in total. The molecule has 2 rings (SSSR count). The van der Waals surface area contributed by atoms with Crippen molar-refractivity contribution in [3.05, 3.63) is 27.9 Å². The molecule has 2 heterocycles. The summed E-state index contributed by atoms with van der Waals surface area (Å²) in [7, 11) is 0. The fraction of sp³-hybridized carbons (Fsp3) is 0.500. The first kappa shape index (κ1) is 14.2. The van der Waals surface area contributed by atoms with Gasteiger partial charge in [-0.05, 0) is 19.9 Å². The van der Waals surface area contributed by atoms with E-state index in [2.05, 4.69) is 4.98 Å². The zero-order chi connectivity index (χ0) is 14.9. The molecular formula is C12H16N4O4. The largest absolute Gasteiger partial charge is 0.384 e. The van der Waals surface area contributed by atoms with Crippen molar-refractivity contribution >= 4 is 17.4 Å². The molecule has 1 fully saturated rings. The van der Waals surface area contributed by atoms with Gasteiger partial charge in [0.2, 0.25) is 0 Å². The molecular weight excluding hydrogens is 264 g/mol. The molecule has 1 aliphatic rings. The van der Waals surface area contributed by atoms with Crippen molar-refractivity contribution in [2.45, 2.75) is 19.4 Å². The molecule has 1 aromatic heterocycles. The number of nitrogens with zero attached hydrogens (tertiary/aromatic N) is 3. The molecule has 0 aromatic carbocycles. The van der Waals surface area contributed by atoms with Crippen molar-refractivity contribution < 1.29 is 14.5 Å². The Balaban J connectivity index is 2.42. The molecule has 0 aliphatic carbocycles. The van der Waals surface area contributed by atoms with Crippen LogP contribution in [0.1, 0.15) is 24.2 Å². The molecule has 2 N–H and O–H groups in total. The number of ether oxygens (including phenoxy) is 1. The van der Waals surface area contributed by atoms with Gasteiger partial charge in [-0.3, -0.25) is 14.9 Å². The Hall–Kier alpha value is -2.22. The topological polar surface area (TPSA) is 112 Å². The second-order valence-electron chi connectivity index (χ2n) is 5.21. The fourth-order valence-corrected chi connectivity index (χ4v) is 2.16. The van der Waals surface area contributed by atoms with Gasteiger partial charge < -0.3 is 15.4 Å². The Labute approximate surface area is 115 Å². The highest BCUT2D eigenvalue weighted by molar-refractivity contribution is 5.99. The number of carbonyl (C=O) groups excluding carboxylic acids is 1. The maximum atomic E-state index is 12.6. The van der Waals surface area contributed by atoms with Crippen LogP contribution in [0.15, 0.2) is 12.3 Å². The van der Waals surface area contributed by atoms with E-state index in [1.807, 2.05) is 13.8 Å². The van der Waals surface area contributed by atoms with Crippen LogP contribution >= 0.6 is 0 Å². The van der Waals surface area contributed by atoms with Gasteiger partial charge >= 0.3 is 0 Å². The zero-order valence-electron chi connectivity index (χ0n) is 11.3. The molecule has 0 bridgehead atoms. The van der Waals surface area contributed by atoms with Crippen LogP contribution in [-0.2, 0) is 4.74 Å². The first-order valence-corrected chi connectivity index (χ1v) is 6.12. The highest BCUT2D eigenvalue weighted by atomic mass is 16.6. The lowest BCUT2D eigenvalue weighted by molar-refractivity contribution is -0.385. The van der Waals surface area contributed by atoms with Crippen LogP contribution in [-0.4, -0.2) is 46.0 Å². The number of pyridine rings is 1. The predicted molar refractivity (Wildman–Crippen MR) is 71.2 cm³/mol. The first-order valence-electron chi connectivity index (χ1n) is 6.12. The second kappa shape index (κ2) is 5.04. The minimum absolute atomic E-state index is 0.0440. The quantitative estimate of drug-likeness (QED) is 0.634. The SMILES string of the molecule is CC1(C)COCCN1C(=O)c1cc(N)ncc1[N+](=O)[O-]. The predicted octanol–water partition coefficient (Wildman–Crippen LogP) is 0.823. The molecule has 0 spiro atoms. The Morgan fingerprint density at radius 1 is 1.60 bits per heavy atom. The average molecular weight is 280 g/mol. The Morgan fingerprint density at radius 2 is 2.30 bits per heavy atom. The van der Waals surface area contributed by atoms with Gasteiger partial charge in [0.05, 0.1) is 23.7 Å². The van der Waals surface area contributed by atoms with Gasteiger partial charge in [0.1, 0.15) is 17.6 Å². The second-order valence-corrected chi connectivity index (χ2v) is 5.21. The van der Waals surface area contributed by atoms with Gasteiger partial charge in [-0.1, -0.05) is 0 Å². The maximum Gasteiger partial charge on any atom is 0.300 e. The number of nitro groups is 1. The smallest absolute Gasteiger partial charge is 0.300 e. The van der Waals surface area contributed by atoms with Crippen LogP contribution < -0.4 is 5.73 Å². The summed E-state index contributed by atoms with van der Waals surface area (Å²) in [6.07, 6.45) is 1.01. The number of aromatic nitrogens is 1. The molecule has 108 valence electrons. The van der Waals surface area contributed by atoms with Gasteiger partial charge in [-0.2, -0.15) is 0 Å². The summed E-state index contributed by atoms with van der Waals surface area (Å²) < 4.78 is 5.34. The monoisotopic (exact) mass is 280 g/mol. The molecule has 1 aromatic rings. The minimum atomic E-state index is -0.632. The van der Waals surface area contributed by atoms with E-state index in [0.717, 1.165) is 6.20 Å². The Kier molecular flexibility index (Phi) is 3.58. The third-order valence-electron chi connectivity index (χ3n) is 3.22. The molecule has 1 amide bonds. The van der Waals surface area contributed by atoms with E-state index >= 15 is 0 Å². The number of rotatable bonds is 2. The number of anilines is 1. The molecule has 0 atom stereocenters. The lowest BCUT2D eigenvalue weighted by atomic mass is 10.0. The Morgan fingerprint density at radius 3 is 2.90 bits per heavy atom. The van der Waals surface area contributed by atoms with Crippen LogP contribution in [0.3, 0.4) is 0 Å². The fourth-order valence-electron chi connectivity index (χ4n) is 2.16. The van der Waals surface area contributed by atoms with Crippen LogP contribution in [0.5, 0.6) is 0 Å². The van der Waals surface area contributed by atoms with Crippen molar-refractivity contribution in [1.82, 2.24) is 9.88 Å². The van der Waals surface area contributed by atoms with Gasteiger partial charge in [-0.15, -0.1) is 0 Å². The van der Waals surface area contributed by atoms with E-state index < -0.39 is 16.4 Å². The normalized spacial score (nSPS) is 17.8. The van der Waals surface area contributed by atoms with Gasteiger partial charge in [0, 0.05) is 6.54 Å². The van der Waals surface area contributed by atoms with E-state index in [-0.39, 0.29) is 17.1 Å². The molecule has 1 saturated heterocycles. The number of hydrogen-bond acceptors (Lipinski definition) is 6. The van der Waals surface area contributed by atoms with Crippen LogP contribution in [0.2, 0.25) is 0 Å². The van der Waals surface area contributed by atoms with Crippen LogP contribution in [0, 0.1) is 10.1 Å². The van der Waals surface area contributed by atoms with Crippen molar-refractivity contribution in [2.24, 2.45) is 0 Å². The van der Waals surface area contributed by atoms with Gasteiger partial charge in [0.25, 0.3) is 11.6 Å². The summed E-state index contributed by atoms with van der Waals surface area (Å²) in [5.74, 6) is -0.357. The molecule has 0 radical (unpaired) electrons. The summed E-state index contributed by atoms with van der Waals surface area (Å²) in [5, 5.41) is 11.0. The number of carbonyl (C=O) groups is 1. The van der Waals surface area contributed by atoms with E-state index in [1.165, 1.54) is 6.07 Å². The summed E-state index contributed by atoms with van der Waals surface area (Å²) in [6.45, 7) is 4.86. The van der Waals surface area contributed by atoms with E-state index in [0.29, 0.717) is 19.8 Å². The van der Waals surface area contributed by atoms with E-state index in [9.17, 15) is 14.9 Å². The number of morpholine rings is 1. The number of hydrogen-bond donors (Lipinski definition) is 1. The highest BCUT2D eigenvalue weighted by Crippen LogP contribution is 2.26. The summed E-state index contributed by atoms with van der Waals surface area (Å²) in [5.41, 5.74) is 4.62. The summed E-state index contributed by atoms with van der Waals surface area (Å²) >= 11 is 0. The van der Waals surface area contributed by atoms with E-state index in [4.69, 9.17) is 10.5 Å². The number of nitrogens with two attached hydrogens (primary N) is 1. The average Bonchev–Trinajstić information content (AvgIpc) is 2.37.